The van der Waals surface area contributed by atoms with Crippen molar-refractivity contribution in [3.8, 4) is 0 Å². The molecule has 2 aromatic heterocycles. The minimum absolute atomic E-state index is 0.0694. The van der Waals surface area contributed by atoms with Crippen molar-refractivity contribution in [1.29, 1.82) is 0 Å². The number of rotatable bonds is 0. The van der Waals surface area contributed by atoms with Crippen molar-refractivity contribution in [3.05, 3.63) is 28.4 Å². The molecule has 12 heavy (non-hydrogen) atoms. The molecule has 5 heteroatoms. The summed E-state index contributed by atoms with van der Waals surface area (Å²) in [6.07, 6.45) is 3.23. The molecule has 0 N–H and O–H groups in total. The summed E-state index contributed by atoms with van der Waals surface area (Å²) in [5.41, 5.74) is 1.29. The molecule has 0 spiro atoms. The number of aryl methyl sites for hydroxylation is 1. The van der Waals surface area contributed by atoms with Crippen LogP contribution in [0.5, 0.6) is 0 Å². The normalized spacial score (nSPS) is 10.8. The highest BCUT2D eigenvalue weighted by Gasteiger charge is 2.03. The van der Waals surface area contributed by atoms with Gasteiger partial charge in [0, 0.05) is 12.7 Å². The highest BCUT2D eigenvalue weighted by Crippen LogP contribution is 1.95. The molecule has 0 atom stereocenters. The zero-order valence-corrected chi connectivity index (χ0v) is 6.85. The lowest BCUT2D eigenvalue weighted by Gasteiger charge is -2.01. The number of hydrogen-bond donors (Lipinski definition) is 0. The minimum atomic E-state index is -0.0694. The molecule has 0 amide bonds. The molecule has 62 valence electrons. The molecule has 2 aromatic rings. The van der Waals surface area contributed by atoms with E-state index in [2.05, 4.69) is 10.3 Å². The monoisotopic (exact) mass is 164 g/mol. The van der Waals surface area contributed by atoms with E-state index in [0.29, 0.717) is 5.52 Å². The first-order valence-corrected chi connectivity index (χ1v) is 3.57. The summed E-state index contributed by atoms with van der Waals surface area (Å²) >= 11 is 0. The van der Waals surface area contributed by atoms with Gasteiger partial charge in [-0.15, -0.1) is 5.10 Å². The van der Waals surface area contributed by atoms with E-state index in [4.69, 9.17) is 0 Å². The largest absolute Gasteiger partial charge is 0.313 e. The van der Waals surface area contributed by atoms with E-state index in [0.717, 1.165) is 5.69 Å². The fourth-order valence-corrected chi connectivity index (χ4v) is 1.09. The topological polar surface area (TPSA) is 52.2 Å². The van der Waals surface area contributed by atoms with Crippen LogP contribution in [0.4, 0.5) is 0 Å². The van der Waals surface area contributed by atoms with E-state index in [1.807, 2.05) is 6.92 Å². The van der Waals surface area contributed by atoms with Crippen LogP contribution in [0.25, 0.3) is 5.52 Å². The highest BCUT2D eigenvalue weighted by molar-refractivity contribution is 5.40. The average Bonchev–Trinajstić information content (AvgIpc) is 2.48. The lowest BCUT2D eigenvalue weighted by Crippen LogP contribution is -2.20. The Balaban J connectivity index is 3.05. The van der Waals surface area contributed by atoms with Gasteiger partial charge in [0.2, 0.25) is 0 Å². The Morgan fingerprint density at radius 2 is 2.25 bits per heavy atom. The van der Waals surface area contributed by atoms with Crippen LogP contribution in [0.1, 0.15) is 5.69 Å². The number of fused-ring (bicyclic) bond motifs is 1. The zero-order valence-electron chi connectivity index (χ0n) is 6.85. The lowest BCUT2D eigenvalue weighted by atomic mass is 10.4. The molecule has 0 aliphatic heterocycles. The zero-order chi connectivity index (χ0) is 8.72. The van der Waals surface area contributed by atoms with Gasteiger partial charge >= 0.3 is 0 Å². The van der Waals surface area contributed by atoms with Crippen LogP contribution >= 0.6 is 0 Å². The molecule has 0 fully saturated rings. The lowest BCUT2D eigenvalue weighted by molar-refractivity contribution is 0.766. The Labute approximate surface area is 68.2 Å². The Morgan fingerprint density at radius 3 is 3.00 bits per heavy atom. The van der Waals surface area contributed by atoms with Crippen molar-refractivity contribution < 1.29 is 0 Å². The second-order valence-electron chi connectivity index (χ2n) is 2.70. The van der Waals surface area contributed by atoms with Crippen LogP contribution in [-0.2, 0) is 7.05 Å². The molecule has 0 aliphatic rings. The van der Waals surface area contributed by atoms with E-state index in [-0.39, 0.29) is 5.56 Å². The molecule has 0 saturated carbocycles. The average molecular weight is 164 g/mol. The molecule has 0 bridgehead atoms. The van der Waals surface area contributed by atoms with Crippen molar-refractivity contribution in [2.24, 2.45) is 7.05 Å². The molecule has 2 heterocycles. The van der Waals surface area contributed by atoms with Gasteiger partial charge in [-0.05, 0) is 6.92 Å². The van der Waals surface area contributed by atoms with Crippen LogP contribution in [-0.4, -0.2) is 19.4 Å². The summed E-state index contributed by atoms with van der Waals surface area (Å²) in [4.78, 5) is 11.5. The highest BCUT2D eigenvalue weighted by atomic mass is 16.1. The van der Waals surface area contributed by atoms with Crippen LogP contribution in [0, 0.1) is 6.92 Å². The summed E-state index contributed by atoms with van der Waals surface area (Å²) in [5, 5.41) is 7.38. The van der Waals surface area contributed by atoms with Gasteiger partial charge in [0.25, 0.3) is 5.56 Å². The van der Waals surface area contributed by atoms with Crippen LogP contribution in [0.2, 0.25) is 0 Å². The number of nitrogens with zero attached hydrogens (tertiary/aromatic N) is 4. The van der Waals surface area contributed by atoms with Gasteiger partial charge in [-0.25, -0.2) is 4.52 Å². The molecular weight excluding hydrogens is 156 g/mol. The van der Waals surface area contributed by atoms with Crippen LogP contribution < -0.4 is 5.56 Å². The van der Waals surface area contributed by atoms with Crippen molar-refractivity contribution >= 4 is 5.52 Å². The summed E-state index contributed by atoms with van der Waals surface area (Å²) in [6.45, 7) is 1.85. The molecule has 0 aromatic carbocycles. The molecule has 0 aliphatic carbocycles. The maximum atomic E-state index is 11.5. The van der Waals surface area contributed by atoms with Gasteiger partial charge in [-0.3, -0.25) is 4.79 Å². The Bertz CT molecular complexity index is 482. The van der Waals surface area contributed by atoms with E-state index in [1.54, 1.807) is 17.8 Å². The predicted molar refractivity (Wildman–Crippen MR) is 43.0 cm³/mol. The van der Waals surface area contributed by atoms with E-state index in [1.165, 1.54) is 10.7 Å². The van der Waals surface area contributed by atoms with Gasteiger partial charge < -0.3 is 4.57 Å². The van der Waals surface area contributed by atoms with Crippen molar-refractivity contribution in [2.45, 2.75) is 6.92 Å². The fraction of sp³-hybridized carbons (Fsp3) is 0.286. The van der Waals surface area contributed by atoms with Gasteiger partial charge in [0.15, 0.2) is 5.52 Å². The summed E-state index contributed by atoms with van der Waals surface area (Å²) in [6, 6.07) is 0. The van der Waals surface area contributed by atoms with Crippen LogP contribution in [0.15, 0.2) is 17.2 Å². The summed E-state index contributed by atoms with van der Waals surface area (Å²) in [5.74, 6) is 0. The SMILES string of the molecule is Cc1cn2nncc2c(=O)n1C. The van der Waals surface area contributed by atoms with Gasteiger partial charge in [0.1, 0.15) is 0 Å². The minimum Gasteiger partial charge on any atom is -0.313 e. The third kappa shape index (κ3) is 0.761. The smallest absolute Gasteiger partial charge is 0.278 e. The molecule has 0 radical (unpaired) electrons. The molecular formula is C7H8N4O. The molecule has 5 nitrogen and oxygen atoms in total. The Morgan fingerprint density at radius 1 is 1.50 bits per heavy atom. The molecule has 0 unspecified atom stereocenters. The van der Waals surface area contributed by atoms with E-state index in [9.17, 15) is 4.79 Å². The third-order valence-electron chi connectivity index (χ3n) is 1.94. The van der Waals surface area contributed by atoms with Crippen LogP contribution in [0.3, 0.4) is 0 Å². The first kappa shape index (κ1) is 7.02. The second-order valence-corrected chi connectivity index (χ2v) is 2.70. The maximum absolute atomic E-state index is 11.5. The number of hydrogen-bond acceptors (Lipinski definition) is 3. The standard InChI is InChI=1S/C7H8N4O/c1-5-4-11-6(3-8-9-11)7(12)10(5)2/h3-4H,1-2H3. The van der Waals surface area contributed by atoms with Crippen molar-refractivity contribution in [1.82, 2.24) is 19.4 Å². The van der Waals surface area contributed by atoms with Gasteiger partial charge in [0.05, 0.1) is 12.4 Å². The summed E-state index contributed by atoms with van der Waals surface area (Å²) in [7, 11) is 1.73. The van der Waals surface area contributed by atoms with Crippen molar-refractivity contribution in [3.63, 3.8) is 0 Å². The fourth-order valence-electron chi connectivity index (χ4n) is 1.09. The van der Waals surface area contributed by atoms with E-state index >= 15 is 0 Å². The van der Waals surface area contributed by atoms with Gasteiger partial charge in [-0.1, -0.05) is 5.21 Å². The van der Waals surface area contributed by atoms with Gasteiger partial charge in [-0.2, -0.15) is 0 Å². The number of aromatic nitrogens is 4. The Hall–Kier alpha value is -1.65. The summed E-state index contributed by atoms with van der Waals surface area (Å²) < 4.78 is 3.05. The van der Waals surface area contributed by atoms with Crippen molar-refractivity contribution in [2.75, 3.05) is 0 Å². The predicted octanol–water partition coefficient (Wildman–Crippen LogP) is -0.264. The Kier molecular flexibility index (Phi) is 1.27. The molecule has 2 rings (SSSR count). The third-order valence-corrected chi connectivity index (χ3v) is 1.94. The maximum Gasteiger partial charge on any atom is 0.278 e. The quantitative estimate of drug-likeness (QED) is 0.539. The van der Waals surface area contributed by atoms with E-state index < -0.39 is 0 Å². The first-order valence-electron chi connectivity index (χ1n) is 3.57. The molecule has 0 saturated heterocycles. The first-order chi connectivity index (χ1) is 5.70. The second kappa shape index (κ2) is 2.17.